The monoisotopic (exact) mass is 308 g/mol. The van der Waals surface area contributed by atoms with Gasteiger partial charge in [-0.25, -0.2) is 4.98 Å². The molecule has 2 N–H and O–H groups in total. The zero-order valence-corrected chi connectivity index (χ0v) is 12.6. The van der Waals surface area contributed by atoms with E-state index in [2.05, 4.69) is 20.5 Å². The first-order valence-electron chi connectivity index (χ1n) is 6.23. The second kappa shape index (κ2) is 7.53. The highest BCUT2D eigenvalue weighted by molar-refractivity contribution is 7.99. The molecule has 0 unspecified atom stereocenters. The third-order valence-corrected chi connectivity index (χ3v) is 3.54. The average Bonchev–Trinajstić information content (AvgIpc) is 3.04. The van der Waals surface area contributed by atoms with E-state index >= 15 is 0 Å². The van der Waals surface area contributed by atoms with Gasteiger partial charge in [-0.05, 0) is 18.2 Å². The first-order chi connectivity index (χ1) is 10.2. The number of hydrogen-bond acceptors (Lipinski definition) is 6. The van der Waals surface area contributed by atoms with Crippen LogP contribution in [0.15, 0.2) is 29.7 Å². The molecule has 2 aromatic rings. The number of aromatic amines is 1. The summed E-state index contributed by atoms with van der Waals surface area (Å²) >= 11 is 1.49. The van der Waals surface area contributed by atoms with Crippen molar-refractivity contribution in [2.24, 2.45) is 0 Å². The van der Waals surface area contributed by atoms with Crippen LogP contribution in [0.5, 0.6) is 11.5 Å². The molecule has 0 aliphatic heterocycles. The first kappa shape index (κ1) is 15.2. The van der Waals surface area contributed by atoms with Gasteiger partial charge in [0.25, 0.3) is 5.91 Å². The standard InChI is InChI=1S/C13H16N4O3S/c1-19-10-4-3-9(7-11(10)20-2)12(18)14-5-6-21-13-15-8-16-17-13/h3-4,7-8H,5-6H2,1-2H3,(H,14,18)(H,15,16,17). The van der Waals surface area contributed by atoms with E-state index in [9.17, 15) is 4.79 Å². The Morgan fingerprint density at radius 3 is 2.81 bits per heavy atom. The third-order valence-electron chi connectivity index (χ3n) is 2.67. The number of nitrogens with one attached hydrogen (secondary N) is 2. The van der Waals surface area contributed by atoms with Crippen LogP contribution in [0.1, 0.15) is 10.4 Å². The molecule has 0 atom stereocenters. The number of carbonyl (C=O) groups is 1. The number of benzene rings is 1. The maximum atomic E-state index is 12.0. The molecule has 0 saturated carbocycles. The number of hydrogen-bond donors (Lipinski definition) is 2. The lowest BCUT2D eigenvalue weighted by molar-refractivity contribution is 0.0955. The number of methoxy groups -OCH3 is 2. The maximum absolute atomic E-state index is 12.0. The van der Waals surface area contributed by atoms with Crippen LogP contribution in [0.2, 0.25) is 0 Å². The second-order valence-corrected chi connectivity index (χ2v) is 5.05. The van der Waals surface area contributed by atoms with E-state index in [1.807, 2.05) is 0 Å². The number of carbonyl (C=O) groups excluding carboxylic acids is 1. The van der Waals surface area contributed by atoms with Crippen LogP contribution in [-0.4, -0.2) is 47.6 Å². The Morgan fingerprint density at radius 2 is 2.14 bits per heavy atom. The van der Waals surface area contributed by atoms with Crippen molar-refractivity contribution in [1.29, 1.82) is 0 Å². The SMILES string of the molecule is COc1ccc(C(=O)NCCSc2ncn[nH]2)cc1OC. The third kappa shape index (κ3) is 4.12. The summed E-state index contributed by atoms with van der Waals surface area (Å²) in [4.78, 5) is 16.0. The smallest absolute Gasteiger partial charge is 0.251 e. The predicted octanol–water partition coefficient (Wildman–Crippen LogP) is 1.34. The van der Waals surface area contributed by atoms with Crippen molar-refractivity contribution >= 4 is 17.7 Å². The lowest BCUT2D eigenvalue weighted by Gasteiger charge is -2.09. The minimum atomic E-state index is -0.158. The van der Waals surface area contributed by atoms with E-state index in [-0.39, 0.29) is 5.91 Å². The zero-order chi connectivity index (χ0) is 15.1. The lowest BCUT2D eigenvalue weighted by Crippen LogP contribution is -2.25. The Labute approximate surface area is 126 Å². The van der Waals surface area contributed by atoms with E-state index in [1.165, 1.54) is 25.2 Å². The Hall–Kier alpha value is -2.22. The van der Waals surface area contributed by atoms with E-state index in [0.29, 0.717) is 29.4 Å². The molecule has 1 aromatic carbocycles. The molecule has 0 radical (unpaired) electrons. The topological polar surface area (TPSA) is 89.1 Å². The largest absolute Gasteiger partial charge is 0.493 e. The van der Waals surface area contributed by atoms with E-state index in [0.717, 1.165) is 5.16 Å². The van der Waals surface area contributed by atoms with Crippen molar-refractivity contribution in [2.45, 2.75) is 5.16 Å². The van der Waals surface area contributed by atoms with E-state index in [1.54, 1.807) is 25.3 Å². The number of ether oxygens (including phenoxy) is 2. The fourth-order valence-electron chi connectivity index (χ4n) is 1.66. The van der Waals surface area contributed by atoms with Gasteiger partial charge in [-0.2, -0.15) is 5.10 Å². The molecule has 0 spiro atoms. The van der Waals surface area contributed by atoms with Crippen LogP contribution < -0.4 is 14.8 Å². The number of nitrogens with zero attached hydrogens (tertiary/aromatic N) is 2. The van der Waals surface area contributed by atoms with Gasteiger partial charge in [-0.3, -0.25) is 9.89 Å². The maximum Gasteiger partial charge on any atom is 0.251 e. The van der Waals surface area contributed by atoms with Gasteiger partial charge in [-0.1, -0.05) is 11.8 Å². The summed E-state index contributed by atoms with van der Waals surface area (Å²) in [6.45, 7) is 0.526. The molecular weight excluding hydrogens is 292 g/mol. The fourth-order valence-corrected chi connectivity index (χ4v) is 2.29. The van der Waals surface area contributed by atoms with Crippen molar-refractivity contribution in [3.8, 4) is 11.5 Å². The van der Waals surface area contributed by atoms with Crippen LogP contribution in [0.3, 0.4) is 0 Å². The summed E-state index contributed by atoms with van der Waals surface area (Å²) in [7, 11) is 3.09. The Morgan fingerprint density at radius 1 is 1.33 bits per heavy atom. The minimum Gasteiger partial charge on any atom is -0.493 e. The van der Waals surface area contributed by atoms with Gasteiger partial charge in [0.2, 0.25) is 0 Å². The van der Waals surface area contributed by atoms with Crippen molar-refractivity contribution in [1.82, 2.24) is 20.5 Å². The quantitative estimate of drug-likeness (QED) is 0.593. The molecule has 1 aromatic heterocycles. The fraction of sp³-hybridized carbons (Fsp3) is 0.308. The first-order valence-corrected chi connectivity index (χ1v) is 7.21. The molecule has 0 saturated heterocycles. The predicted molar refractivity (Wildman–Crippen MR) is 79.0 cm³/mol. The van der Waals surface area contributed by atoms with E-state index in [4.69, 9.17) is 9.47 Å². The van der Waals surface area contributed by atoms with Crippen molar-refractivity contribution in [2.75, 3.05) is 26.5 Å². The highest BCUT2D eigenvalue weighted by atomic mass is 32.2. The van der Waals surface area contributed by atoms with Gasteiger partial charge in [0.15, 0.2) is 16.7 Å². The van der Waals surface area contributed by atoms with Crippen LogP contribution in [0.25, 0.3) is 0 Å². The molecular formula is C13H16N4O3S. The molecule has 2 rings (SSSR count). The van der Waals surface area contributed by atoms with Gasteiger partial charge < -0.3 is 14.8 Å². The van der Waals surface area contributed by atoms with Crippen LogP contribution in [0.4, 0.5) is 0 Å². The van der Waals surface area contributed by atoms with Gasteiger partial charge in [-0.15, -0.1) is 0 Å². The molecule has 0 fully saturated rings. The molecule has 1 amide bonds. The molecule has 0 bridgehead atoms. The summed E-state index contributed by atoms with van der Waals surface area (Å²) in [6, 6.07) is 5.05. The zero-order valence-electron chi connectivity index (χ0n) is 11.8. The normalized spacial score (nSPS) is 10.2. The molecule has 1 heterocycles. The molecule has 8 heteroatoms. The number of aromatic nitrogens is 3. The van der Waals surface area contributed by atoms with E-state index < -0.39 is 0 Å². The molecule has 21 heavy (non-hydrogen) atoms. The van der Waals surface area contributed by atoms with Crippen LogP contribution in [0, 0.1) is 0 Å². The number of thioether (sulfide) groups is 1. The number of rotatable bonds is 7. The molecule has 0 aliphatic rings. The molecule has 112 valence electrons. The van der Waals surface area contributed by atoms with Crippen molar-refractivity contribution in [3.05, 3.63) is 30.1 Å². The summed E-state index contributed by atoms with van der Waals surface area (Å²) in [5, 5.41) is 10.1. The van der Waals surface area contributed by atoms with Gasteiger partial charge in [0.05, 0.1) is 14.2 Å². The highest BCUT2D eigenvalue weighted by Gasteiger charge is 2.10. The summed E-state index contributed by atoms with van der Waals surface area (Å²) in [6.07, 6.45) is 1.45. The lowest BCUT2D eigenvalue weighted by atomic mass is 10.2. The highest BCUT2D eigenvalue weighted by Crippen LogP contribution is 2.27. The van der Waals surface area contributed by atoms with Crippen molar-refractivity contribution < 1.29 is 14.3 Å². The molecule has 7 nitrogen and oxygen atoms in total. The van der Waals surface area contributed by atoms with Crippen molar-refractivity contribution in [3.63, 3.8) is 0 Å². The van der Waals surface area contributed by atoms with Crippen LogP contribution >= 0.6 is 11.8 Å². The Balaban J connectivity index is 1.85. The summed E-state index contributed by atoms with van der Waals surface area (Å²) in [5.74, 6) is 1.67. The van der Waals surface area contributed by atoms with Gasteiger partial charge in [0.1, 0.15) is 6.33 Å². The average molecular weight is 308 g/mol. The Kier molecular flexibility index (Phi) is 5.44. The van der Waals surface area contributed by atoms with Gasteiger partial charge >= 0.3 is 0 Å². The number of amides is 1. The van der Waals surface area contributed by atoms with Crippen LogP contribution in [-0.2, 0) is 0 Å². The Bertz CT molecular complexity index is 589. The second-order valence-electron chi connectivity index (χ2n) is 3.96. The summed E-state index contributed by atoms with van der Waals surface area (Å²) in [5.41, 5.74) is 0.525. The van der Waals surface area contributed by atoms with Gasteiger partial charge in [0, 0.05) is 17.9 Å². The summed E-state index contributed by atoms with van der Waals surface area (Å²) < 4.78 is 10.3. The molecule has 0 aliphatic carbocycles. The number of H-pyrrole nitrogens is 1. The minimum absolute atomic E-state index is 0.158.